The molecule has 52 heavy (non-hydrogen) atoms. The maximum Gasteiger partial charge on any atom is 0.305 e. The Labute approximate surface area is 303 Å². The zero-order valence-electron chi connectivity index (χ0n) is 29.8. The summed E-state index contributed by atoms with van der Waals surface area (Å²) in [5.74, 6) is -5.69. The number of guanidine groups is 1. The van der Waals surface area contributed by atoms with E-state index in [1.807, 2.05) is 0 Å². The van der Waals surface area contributed by atoms with Crippen LogP contribution in [0.5, 0.6) is 0 Å². The number of carboxylic acids is 1. The number of carbonyl (C=O) groups excluding carboxylic acids is 6. The number of hydrogen-bond donors (Lipinski definition) is 9. The first-order valence-corrected chi connectivity index (χ1v) is 18.0. The van der Waals surface area contributed by atoms with E-state index in [0.717, 1.165) is 32.1 Å². The predicted molar refractivity (Wildman–Crippen MR) is 190 cm³/mol. The third kappa shape index (κ3) is 13.2. The maximum atomic E-state index is 14.4. The molecule has 17 nitrogen and oxygen atoms in total. The molecule has 2 aliphatic rings. The van der Waals surface area contributed by atoms with Crippen molar-refractivity contribution in [2.24, 2.45) is 5.73 Å². The number of likely N-dealkylation sites (tertiary alicyclic amines) is 1. The fraction of sp³-hybridized carbons (Fsp3) is 0.600. The summed E-state index contributed by atoms with van der Waals surface area (Å²) in [5, 5.41) is 32.5. The molecule has 1 aromatic carbocycles. The monoisotopic (exact) mass is 727 g/mol. The summed E-state index contributed by atoms with van der Waals surface area (Å²) in [6.45, 7) is 1.98. The van der Waals surface area contributed by atoms with Gasteiger partial charge in [0, 0.05) is 32.5 Å². The topological polar surface area (TPSA) is 265 Å². The molecule has 2 fully saturated rings. The number of nitrogens with zero attached hydrogens (tertiary/aromatic N) is 1. The summed E-state index contributed by atoms with van der Waals surface area (Å²) < 4.78 is 0. The fourth-order valence-corrected chi connectivity index (χ4v) is 6.25. The van der Waals surface area contributed by atoms with Gasteiger partial charge >= 0.3 is 5.97 Å². The van der Waals surface area contributed by atoms with E-state index < -0.39 is 72.1 Å². The van der Waals surface area contributed by atoms with Crippen LogP contribution in [0.4, 0.5) is 0 Å². The minimum atomic E-state index is -1.60. The Hall–Kier alpha value is -5.22. The highest BCUT2D eigenvalue weighted by Gasteiger charge is 2.46. The lowest BCUT2D eigenvalue weighted by atomic mass is 9.85. The molecular weight excluding hydrogens is 674 g/mol. The van der Waals surface area contributed by atoms with Crippen molar-refractivity contribution in [3.8, 4) is 0 Å². The van der Waals surface area contributed by atoms with Gasteiger partial charge in [0.2, 0.25) is 35.4 Å². The molecule has 1 spiro atoms. The van der Waals surface area contributed by atoms with Crippen molar-refractivity contribution in [2.45, 2.75) is 108 Å². The van der Waals surface area contributed by atoms with E-state index in [1.165, 1.54) is 0 Å². The summed E-state index contributed by atoms with van der Waals surface area (Å²) in [5.41, 5.74) is 4.43. The largest absolute Gasteiger partial charge is 0.481 e. The number of carbonyl (C=O) groups is 7. The van der Waals surface area contributed by atoms with E-state index in [-0.39, 0.29) is 63.6 Å². The summed E-state index contributed by atoms with van der Waals surface area (Å²) in [4.78, 5) is 94.6. The standard InChI is InChI=1S/C35H53N9O8/c1-2-3-4-5-9-14-28(46)44-18-15-35(16-19-44)33(52)42-25(20-23-11-7-6-8-12-23)31(50)41-26(21-29(47)48)30(49)39-22-27(45)40-24(32(51)43-35)13-10-17-38-34(36)37/h6-8,11-12,24-26H,2-5,9-10,13-22H2,1H3,(H,39,49)(H,40,45)(H,41,50)(H,42,52)(H,43,51)(H,47,48)(H4,36,37,38)/t24-,25+,26-/m0/s1. The Bertz CT molecular complexity index is 1430. The van der Waals surface area contributed by atoms with Crippen molar-refractivity contribution < 1.29 is 38.7 Å². The zero-order valence-corrected chi connectivity index (χ0v) is 29.8. The van der Waals surface area contributed by atoms with Gasteiger partial charge in [-0.2, -0.15) is 0 Å². The molecule has 0 aliphatic carbocycles. The first kappa shape index (κ1) is 41.2. The second-order valence-corrected chi connectivity index (χ2v) is 13.3. The van der Waals surface area contributed by atoms with Gasteiger partial charge < -0.3 is 47.6 Å². The van der Waals surface area contributed by atoms with Crippen LogP contribution in [-0.4, -0.2) is 107 Å². The van der Waals surface area contributed by atoms with Crippen molar-refractivity contribution in [3.05, 3.63) is 35.9 Å². The Morgan fingerprint density at radius 1 is 0.904 bits per heavy atom. The number of piperidine rings is 1. The normalized spacial score (nSPS) is 21.4. The van der Waals surface area contributed by atoms with Crippen LogP contribution in [0.3, 0.4) is 0 Å². The number of hydrogen-bond acceptors (Lipinski definition) is 8. The number of rotatable bonds is 14. The van der Waals surface area contributed by atoms with Gasteiger partial charge in [-0.15, -0.1) is 0 Å². The SMILES string of the molecule is CCCCCCCC(=O)N1CCC2(CC1)NC(=O)[C@H](CCCNC(=N)N)NC(=O)CNC(=O)[C@H](CC(=O)O)NC(=O)[C@@H](Cc1ccccc1)NC2=O. The van der Waals surface area contributed by atoms with Crippen LogP contribution in [0.15, 0.2) is 30.3 Å². The van der Waals surface area contributed by atoms with Crippen molar-refractivity contribution in [1.29, 1.82) is 5.41 Å². The summed E-state index contributed by atoms with van der Waals surface area (Å²) in [6, 6.07) is 4.67. The second-order valence-electron chi connectivity index (χ2n) is 13.3. The van der Waals surface area contributed by atoms with Gasteiger partial charge in [-0.1, -0.05) is 62.9 Å². The predicted octanol–water partition coefficient (Wildman–Crippen LogP) is -0.611. The van der Waals surface area contributed by atoms with Gasteiger partial charge in [0.15, 0.2) is 5.96 Å². The molecule has 2 saturated heterocycles. The molecule has 0 bridgehead atoms. The van der Waals surface area contributed by atoms with Crippen LogP contribution in [0.25, 0.3) is 0 Å². The average Bonchev–Trinajstić information content (AvgIpc) is 3.11. The average molecular weight is 728 g/mol. The lowest BCUT2D eigenvalue weighted by Gasteiger charge is -2.42. The van der Waals surface area contributed by atoms with Gasteiger partial charge in [0.05, 0.1) is 13.0 Å². The van der Waals surface area contributed by atoms with Gasteiger partial charge in [-0.3, -0.25) is 39.0 Å². The van der Waals surface area contributed by atoms with Crippen molar-refractivity contribution in [2.75, 3.05) is 26.2 Å². The molecule has 3 rings (SSSR count). The number of nitrogens with one attached hydrogen (secondary N) is 7. The van der Waals surface area contributed by atoms with E-state index in [2.05, 4.69) is 38.8 Å². The van der Waals surface area contributed by atoms with Gasteiger partial charge in [0.1, 0.15) is 23.7 Å². The van der Waals surface area contributed by atoms with Crippen molar-refractivity contribution in [3.63, 3.8) is 0 Å². The molecule has 2 aliphatic heterocycles. The second kappa shape index (κ2) is 20.6. The third-order valence-corrected chi connectivity index (χ3v) is 9.24. The number of unbranched alkanes of at least 4 members (excludes halogenated alkanes) is 4. The number of nitrogens with two attached hydrogens (primary N) is 1. The number of carboxylic acid groups (broad SMARTS) is 1. The Balaban J connectivity index is 1.96. The number of amides is 6. The molecule has 3 atom stereocenters. The molecule has 286 valence electrons. The Morgan fingerprint density at radius 3 is 2.25 bits per heavy atom. The number of aliphatic carboxylic acids is 1. The van der Waals surface area contributed by atoms with Crippen LogP contribution in [-0.2, 0) is 40.0 Å². The lowest BCUT2D eigenvalue weighted by molar-refractivity contribution is -0.142. The van der Waals surface area contributed by atoms with E-state index in [4.69, 9.17) is 11.1 Å². The highest BCUT2D eigenvalue weighted by atomic mass is 16.4. The molecule has 17 heteroatoms. The van der Waals surface area contributed by atoms with Crippen LogP contribution >= 0.6 is 0 Å². The van der Waals surface area contributed by atoms with E-state index in [0.29, 0.717) is 12.0 Å². The minimum Gasteiger partial charge on any atom is -0.481 e. The third-order valence-electron chi connectivity index (χ3n) is 9.24. The first-order chi connectivity index (χ1) is 24.8. The summed E-state index contributed by atoms with van der Waals surface area (Å²) in [7, 11) is 0. The lowest BCUT2D eigenvalue weighted by Crippen LogP contribution is -2.67. The van der Waals surface area contributed by atoms with Gasteiger partial charge in [-0.05, 0) is 37.7 Å². The minimum absolute atomic E-state index is 0.0140. The van der Waals surface area contributed by atoms with Crippen LogP contribution in [0.1, 0.15) is 83.1 Å². The van der Waals surface area contributed by atoms with Crippen molar-refractivity contribution >= 4 is 47.4 Å². The molecular formula is C35H53N9O8. The van der Waals surface area contributed by atoms with E-state index >= 15 is 0 Å². The Kier molecular flexibility index (Phi) is 16.3. The van der Waals surface area contributed by atoms with Crippen LogP contribution < -0.4 is 37.6 Å². The molecule has 2 heterocycles. The first-order valence-electron chi connectivity index (χ1n) is 18.0. The molecule has 0 aromatic heterocycles. The quantitative estimate of drug-likeness (QED) is 0.0667. The van der Waals surface area contributed by atoms with E-state index in [1.54, 1.807) is 35.2 Å². The molecule has 10 N–H and O–H groups in total. The molecule has 6 amide bonds. The van der Waals surface area contributed by atoms with E-state index in [9.17, 15) is 38.7 Å². The molecule has 1 aromatic rings. The van der Waals surface area contributed by atoms with Gasteiger partial charge in [-0.25, -0.2) is 0 Å². The zero-order chi connectivity index (χ0) is 38.1. The fourth-order valence-electron chi connectivity index (χ4n) is 6.25. The van der Waals surface area contributed by atoms with Crippen LogP contribution in [0.2, 0.25) is 0 Å². The summed E-state index contributed by atoms with van der Waals surface area (Å²) >= 11 is 0. The Morgan fingerprint density at radius 2 is 1.60 bits per heavy atom. The molecule has 0 saturated carbocycles. The smallest absolute Gasteiger partial charge is 0.305 e. The summed E-state index contributed by atoms with van der Waals surface area (Å²) in [6.07, 6.45) is 4.80. The maximum absolute atomic E-state index is 14.4. The van der Waals surface area contributed by atoms with Crippen LogP contribution in [0, 0.1) is 5.41 Å². The molecule has 0 unspecified atom stereocenters. The highest BCUT2D eigenvalue weighted by Crippen LogP contribution is 2.25. The molecule has 0 radical (unpaired) electrons. The van der Waals surface area contributed by atoms with Crippen molar-refractivity contribution in [1.82, 2.24) is 36.8 Å². The highest BCUT2D eigenvalue weighted by molar-refractivity contribution is 5.99. The van der Waals surface area contributed by atoms with Gasteiger partial charge in [0.25, 0.3) is 0 Å². The number of benzene rings is 1.